The number of hydrogen-bond donors (Lipinski definition) is 2. The van der Waals surface area contributed by atoms with Gasteiger partial charge in [-0.1, -0.05) is 24.3 Å². The average Bonchev–Trinajstić information content (AvgIpc) is 3.31. The maximum absolute atomic E-state index is 5.31. The highest BCUT2D eigenvalue weighted by atomic mass is 16.5. The number of nitrogens with one attached hydrogen (secondary N) is 2. The number of likely N-dealkylation sites (tertiary alicyclic amines) is 1. The third kappa shape index (κ3) is 5.87. The highest BCUT2D eigenvalue weighted by molar-refractivity contribution is 5.79. The van der Waals surface area contributed by atoms with E-state index in [9.17, 15) is 0 Å². The van der Waals surface area contributed by atoms with E-state index in [1.807, 2.05) is 31.3 Å². The van der Waals surface area contributed by atoms with Gasteiger partial charge < -0.3 is 20.1 Å². The van der Waals surface area contributed by atoms with Crippen molar-refractivity contribution in [1.29, 1.82) is 0 Å². The van der Waals surface area contributed by atoms with Crippen LogP contribution in [0.15, 0.2) is 53.5 Å². The Morgan fingerprint density at radius 2 is 1.52 bits per heavy atom. The summed E-state index contributed by atoms with van der Waals surface area (Å²) in [6.45, 7) is 3.78. The Bertz CT molecular complexity index is 768. The molecular weight excluding hydrogens is 364 g/mol. The summed E-state index contributed by atoms with van der Waals surface area (Å²) in [6, 6.07) is 16.8. The molecule has 2 N–H and O–H groups in total. The minimum atomic E-state index is 0.308. The number of ether oxygens (including phenoxy) is 2. The van der Waals surface area contributed by atoms with Gasteiger partial charge in [-0.05, 0) is 61.3 Å². The van der Waals surface area contributed by atoms with E-state index in [2.05, 4.69) is 44.8 Å². The van der Waals surface area contributed by atoms with Crippen LogP contribution in [0.4, 0.5) is 0 Å². The summed E-state index contributed by atoms with van der Waals surface area (Å²) in [6.07, 6.45) is 2.52. The monoisotopic (exact) mass is 396 g/mol. The Labute approximate surface area is 173 Å². The first-order valence-electron chi connectivity index (χ1n) is 10.2. The average molecular weight is 397 g/mol. The first kappa shape index (κ1) is 21.0. The van der Waals surface area contributed by atoms with E-state index < -0.39 is 0 Å². The number of benzene rings is 2. The van der Waals surface area contributed by atoms with Gasteiger partial charge in [0.2, 0.25) is 0 Å². The highest BCUT2D eigenvalue weighted by Crippen LogP contribution is 2.26. The van der Waals surface area contributed by atoms with Crippen molar-refractivity contribution >= 4 is 5.96 Å². The summed E-state index contributed by atoms with van der Waals surface area (Å²) in [5.41, 5.74) is 2.48. The van der Waals surface area contributed by atoms with Gasteiger partial charge in [-0.25, -0.2) is 0 Å². The van der Waals surface area contributed by atoms with Crippen molar-refractivity contribution in [1.82, 2.24) is 15.5 Å². The molecule has 0 aromatic heterocycles. The molecule has 0 saturated carbocycles. The SMILES string of the molecule is CN=C(NCc1ccc(OC)cc1)NCC(c1ccc(OC)cc1)N1CCCC1. The van der Waals surface area contributed by atoms with E-state index in [-0.39, 0.29) is 0 Å². The zero-order valence-electron chi connectivity index (χ0n) is 17.6. The molecule has 1 heterocycles. The molecule has 6 heteroatoms. The molecule has 0 amide bonds. The number of rotatable bonds is 8. The number of nitrogens with zero attached hydrogens (tertiary/aromatic N) is 2. The van der Waals surface area contributed by atoms with Crippen LogP contribution in [0.2, 0.25) is 0 Å². The molecule has 0 bridgehead atoms. The molecular formula is C23H32N4O2. The van der Waals surface area contributed by atoms with Gasteiger partial charge in [0.15, 0.2) is 5.96 Å². The molecule has 1 aliphatic rings. The number of hydrogen-bond acceptors (Lipinski definition) is 4. The maximum Gasteiger partial charge on any atom is 0.191 e. The van der Waals surface area contributed by atoms with Crippen LogP contribution in [-0.4, -0.2) is 51.8 Å². The van der Waals surface area contributed by atoms with Crippen LogP contribution in [0.1, 0.15) is 30.0 Å². The molecule has 2 aromatic carbocycles. The van der Waals surface area contributed by atoms with Gasteiger partial charge in [0, 0.05) is 20.1 Å². The Morgan fingerprint density at radius 1 is 0.931 bits per heavy atom. The van der Waals surface area contributed by atoms with E-state index in [0.717, 1.165) is 37.1 Å². The molecule has 0 spiro atoms. The quantitative estimate of drug-likeness (QED) is 0.530. The topological polar surface area (TPSA) is 58.1 Å². The lowest BCUT2D eigenvalue weighted by Crippen LogP contribution is -2.42. The Kier molecular flexibility index (Phi) is 7.76. The molecule has 6 nitrogen and oxygen atoms in total. The molecule has 1 atom stereocenters. The van der Waals surface area contributed by atoms with Crippen LogP contribution in [-0.2, 0) is 6.54 Å². The Balaban J connectivity index is 1.60. The van der Waals surface area contributed by atoms with Crippen LogP contribution in [0.3, 0.4) is 0 Å². The molecule has 1 unspecified atom stereocenters. The van der Waals surface area contributed by atoms with E-state index in [0.29, 0.717) is 12.6 Å². The van der Waals surface area contributed by atoms with E-state index in [1.165, 1.54) is 24.0 Å². The molecule has 0 radical (unpaired) electrons. The van der Waals surface area contributed by atoms with Gasteiger partial charge in [-0.2, -0.15) is 0 Å². The van der Waals surface area contributed by atoms with Crippen LogP contribution < -0.4 is 20.1 Å². The molecule has 29 heavy (non-hydrogen) atoms. The van der Waals surface area contributed by atoms with Gasteiger partial charge >= 0.3 is 0 Å². The van der Waals surface area contributed by atoms with Crippen molar-refractivity contribution in [2.75, 3.05) is 40.9 Å². The van der Waals surface area contributed by atoms with Gasteiger partial charge in [0.1, 0.15) is 11.5 Å². The predicted octanol–water partition coefficient (Wildman–Crippen LogP) is 3.21. The van der Waals surface area contributed by atoms with Gasteiger partial charge in [-0.3, -0.25) is 9.89 Å². The van der Waals surface area contributed by atoms with E-state index in [4.69, 9.17) is 9.47 Å². The van der Waals surface area contributed by atoms with Crippen LogP contribution in [0, 0.1) is 0 Å². The highest BCUT2D eigenvalue weighted by Gasteiger charge is 2.23. The Morgan fingerprint density at radius 3 is 2.07 bits per heavy atom. The van der Waals surface area contributed by atoms with Gasteiger partial charge in [0.25, 0.3) is 0 Å². The summed E-state index contributed by atoms with van der Waals surface area (Å²) in [4.78, 5) is 6.93. The summed E-state index contributed by atoms with van der Waals surface area (Å²) in [7, 11) is 5.19. The standard InChI is InChI=1S/C23H32N4O2/c1-24-23(25-16-18-6-10-20(28-2)11-7-18)26-17-22(27-14-4-5-15-27)19-8-12-21(29-3)13-9-19/h6-13,22H,4-5,14-17H2,1-3H3,(H2,24,25,26). The summed E-state index contributed by atoms with van der Waals surface area (Å²) in [5.74, 6) is 2.56. The van der Waals surface area contributed by atoms with Crippen LogP contribution in [0.5, 0.6) is 11.5 Å². The van der Waals surface area contributed by atoms with E-state index in [1.54, 1.807) is 14.2 Å². The third-order valence-electron chi connectivity index (χ3n) is 5.39. The lowest BCUT2D eigenvalue weighted by Gasteiger charge is -2.29. The van der Waals surface area contributed by atoms with Gasteiger partial charge in [0.05, 0.1) is 20.3 Å². The molecule has 1 aliphatic heterocycles. The first-order chi connectivity index (χ1) is 14.2. The number of guanidine groups is 1. The number of aliphatic imine (C=N–C) groups is 1. The summed E-state index contributed by atoms with van der Waals surface area (Å²) < 4.78 is 10.5. The lowest BCUT2D eigenvalue weighted by molar-refractivity contribution is 0.245. The minimum Gasteiger partial charge on any atom is -0.497 e. The van der Waals surface area contributed by atoms with Crippen molar-refractivity contribution in [3.63, 3.8) is 0 Å². The molecule has 156 valence electrons. The maximum atomic E-state index is 5.31. The molecule has 3 rings (SSSR count). The van der Waals surface area contributed by atoms with Gasteiger partial charge in [-0.15, -0.1) is 0 Å². The zero-order chi connectivity index (χ0) is 20.5. The van der Waals surface area contributed by atoms with Crippen molar-refractivity contribution < 1.29 is 9.47 Å². The van der Waals surface area contributed by atoms with Crippen molar-refractivity contribution in [3.05, 3.63) is 59.7 Å². The van der Waals surface area contributed by atoms with Crippen molar-refractivity contribution in [2.24, 2.45) is 4.99 Å². The Hall–Kier alpha value is -2.73. The first-order valence-corrected chi connectivity index (χ1v) is 10.2. The lowest BCUT2D eigenvalue weighted by atomic mass is 10.1. The second-order valence-electron chi connectivity index (χ2n) is 7.19. The second kappa shape index (κ2) is 10.7. The smallest absolute Gasteiger partial charge is 0.191 e. The molecule has 1 saturated heterocycles. The predicted molar refractivity (Wildman–Crippen MR) is 118 cm³/mol. The molecule has 1 fully saturated rings. The van der Waals surface area contributed by atoms with Crippen molar-refractivity contribution in [3.8, 4) is 11.5 Å². The normalized spacial score (nSPS) is 15.8. The third-order valence-corrected chi connectivity index (χ3v) is 5.39. The fourth-order valence-electron chi connectivity index (χ4n) is 3.68. The van der Waals surface area contributed by atoms with Crippen molar-refractivity contribution in [2.45, 2.75) is 25.4 Å². The molecule has 2 aromatic rings. The number of methoxy groups -OCH3 is 2. The van der Waals surface area contributed by atoms with Crippen LogP contribution >= 0.6 is 0 Å². The summed E-state index contributed by atoms with van der Waals surface area (Å²) >= 11 is 0. The largest absolute Gasteiger partial charge is 0.497 e. The zero-order valence-corrected chi connectivity index (χ0v) is 17.6. The minimum absolute atomic E-state index is 0.308. The summed E-state index contributed by atoms with van der Waals surface area (Å²) in [5, 5.41) is 6.91. The fraction of sp³-hybridized carbons (Fsp3) is 0.435. The fourth-order valence-corrected chi connectivity index (χ4v) is 3.68. The van der Waals surface area contributed by atoms with Crippen LogP contribution in [0.25, 0.3) is 0 Å². The molecule has 0 aliphatic carbocycles. The second-order valence-corrected chi connectivity index (χ2v) is 7.19. The van der Waals surface area contributed by atoms with E-state index >= 15 is 0 Å².